The standard InChI is InChI=1S/C13H13NO3S/c1-8-3-4-11(6-12(8)13(15)16)18-7-10-5-9(2)17-14-10/h3-6H,7H2,1-2H3,(H,15,16). The van der Waals surface area contributed by atoms with Crippen molar-refractivity contribution in [1.29, 1.82) is 0 Å². The average Bonchev–Trinajstić information content (AvgIpc) is 2.74. The number of carboxylic acid groups (broad SMARTS) is 1. The van der Waals surface area contributed by atoms with Gasteiger partial charge in [-0.15, -0.1) is 11.8 Å². The Labute approximate surface area is 109 Å². The number of hydrogen-bond donors (Lipinski definition) is 1. The fourth-order valence-corrected chi connectivity index (χ4v) is 2.38. The summed E-state index contributed by atoms with van der Waals surface area (Å²) in [7, 11) is 0. The van der Waals surface area contributed by atoms with E-state index in [4.69, 9.17) is 9.63 Å². The van der Waals surface area contributed by atoms with Crippen LogP contribution in [-0.2, 0) is 5.75 Å². The van der Waals surface area contributed by atoms with Gasteiger partial charge in [-0.25, -0.2) is 4.79 Å². The SMILES string of the molecule is Cc1cc(CSc2ccc(C)c(C(=O)O)c2)no1. The number of rotatable bonds is 4. The Balaban J connectivity index is 2.10. The van der Waals surface area contributed by atoms with Gasteiger partial charge in [-0.2, -0.15) is 0 Å². The summed E-state index contributed by atoms with van der Waals surface area (Å²) < 4.78 is 4.98. The lowest BCUT2D eigenvalue weighted by Gasteiger charge is -2.04. The van der Waals surface area contributed by atoms with E-state index in [0.29, 0.717) is 11.3 Å². The Morgan fingerprint density at radius 1 is 1.39 bits per heavy atom. The second kappa shape index (κ2) is 5.27. The van der Waals surface area contributed by atoms with Crippen LogP contribution in [0.1, 0.15) is 27.4 Å². The molecule has 0 aliphatic heterocycles. The number of benzene rings is 1. The highest BCUT2D eigenvalue weighted by atomic mass is 32.2. The molecule has 0 saturated carbocycles. The van der Waals surface area contributed by atoms with Gasteiger partial charge in [-0.05, 0) is 31.5 Å². The minimum atomic E-state index is -0.896. The maximum absolute atomic E-state index is 11.0. The monoisotopic (exact) mass is 263 g/mol. The molecule has 0 aliphatic carbocycles. The molecule has 0 atom stereocenters. The Bertz CT molecular complexity index is 577. The normalized spacial score (nSPS) is 10.6. The van der Waals surface area contributed by atoms with Gasteiger partial charge in [-0.3, -0.25) is 0 Å². The predicted octanol–water partition coefficient (Wildman–Crippen LogP) is 3.28. The fraction of sp³-hybridized carbons (Fsp3) is 0.231. The van der Waals surface area contributed by atoms with Crippen LogP contribution < -0.4 is 0 Å². The third-order valence-electron chi connectivity index (χ3n) is 2.50. The van der Waals surface area contributed by atoms with Crippen LogP contribution in [0.2, 0.25) is 0 Å². The molecule has 18 heavy (non-hydrogen) atoms. The van der Waals surface area contributed by atoms with Crippen LogP contribution >= 0.6 is 11.8 Å². The lowest BCUT2D eigenvalue weighted by molar-refractivity contribution is 0.0696. The summed E-state index contributed by atoms with van der Waals surface area (Å²) in [5.41, 5.74) is 1.97. The summed E-state index contributed by atoms with van der Waals surface area (Å²) in [5, 5.41) is 12.9. The molecule has 2 aromatic rings. The van der Waals surface area contributed by atoms with Crippen LogP contribution in [0.25, 0.3) is 0 Å². The molecule has 5 heteroatoms. The molecule has 0 bridgehead atoms. The van der Waals surface area contributed by atoms with Crippen molar-refractivity contribution >= 4 is 17.7 Å². The number of carboxylic acids is 1. The van der Waals surface area contributed by atoms with Crippen LogP contribution in [-0.4, -0.2) is 16.2 Å². The van der Waals surface area contributed by atoms with Gasteiger partial charge in [0.2, 0.25) is 0 Å². The van der Waals surface area contributed by atoms with E-state index in [1.807, 2.05) is 25.1 Å². The lowest BCUT2D eigenvalue weighted by atomic mass is 10.1. The molecule has 1 aromatic carbocycles. The van der Waals surface area contributed by atoms with E-state index in [1.54, 1.807) is 24.8 Å². The molecule has 94 valence electrons. The Hall–Kier alpha value is -1.75. The predicted molar refractivity (Wildman–Crippen MR) is 68.9 cm³/mol. The van der Waals surface area contributed by atoms with E-state index >= 15 is 0 Å². The van der Waals surface area contributed by atoms with Crippen molar-refractivity contribution in [3.05, 3.63) is 46.8 Å². The smallest absolute Gasteiger partial charge is 0.335 e. The summed E-state index contributed by atoms with van der Waals surface area (Å²) in [6, 6.07) is 7.30. The Kier molecular flexibility index (Phi) is 3.72. The van der Waals surface area contributed by atoms with Crippen molar-refractivity contribution in [3.8, 4) is 0 Å². The highest BCUT2D eigenvalue weighted by Crippen LogP contribution is 2.25. The molecule has 0 radical (unpaired) electrons. The minimum Gasteiger partial charge on any atom is -0.478 e. The molecule has 0 fully saturated rings. The van der Waals surface area contributed by atoms with Crippen LogP contribution in [0.5, 0.6) is 0 Å². The van der Waals surface area contributed by atoms with Crippen molar-refractivity contribution in [2.45, 2.75) is 24.5 Å². The number of hydrogen-bond acceptors (Lipinski definition) is 4. The summed E-state index contributed by atoms with van der Waals surface area (Å²) in [4.78, 5) is 11.9. The molecule has 0 amide bonds. The molecule has 0 saturated heterocycles. The third-order valence-corrected chi connectivity index (χ3v) is 3.53. The zero-order chi connectivity index (χ0) is 13.1. The highest BCUT2D eigenvalue weighted by molar-refractivity contribution is 7.98. The summed E-state index contributed by atoms with van der Waals surface area (Å²) in [5.74, 6) is 0.549. The van der Waals surface area contributed by atoms with E-state index < -0.39 is 5.97 Å². The van der Waals surface area contributed by atoms with Crippen molar-refractivity contribution in [2.75, 3.05) is 0 Å². The number of nitrogens with zero attached hydrogens (tertiary/aromatic N) is 1. The molecular formula is C13H13NO3S. The zero-order valence-electron chi connectivity index (χ0n) is 10.1. The van der Waals surface area contributed by atoms with Crippen molar-refractivity contribution in [3.63, 3.8) is 0 Å². The molecule has 0 unspecified atom stereocenters. The minimum absolute atomic E-state index is 0.344. The number of thioether (sulfide) groups is 1. The first-order chi connectivity index (χ1) is 8.56. The molecule has 0 aliphatic rings. The quantitative estimate of drug-likeness (QED) is 0.857. The first-order valence-electron chi connectivity index (χ1n) is 5.45. The van der Waals surface area contributed by atoms with Crippen molar-refractivity contribution in [1.82, 2.24) is 5.16 Å². The van der Waals surface area contributed by atoms with Gasteiger partial charge in [-0.1, -0.05) is 11.2 Å². The first-order valence-corrected chi connectivity index (χ1v) is 6.44. The Morgan fingerprint density at radius 3 is 2.78 bits per heavy atom. The average molecular weight is 263 g/mol. The number of aryl methyl sites for hydroxylation is 2. The van der Waals surface area contributed by atoms with Gasteiger partial charge in [0.1, 0.15) is 5.76 Å². The summed E-state index contributed by atoms with van der Waals surface area (Å²) in [6.07, 6.45) is 0. The Morgan fingerprint density at radius 2 is 2.17 bits per heavy atom. The van der Waals surface area contributed by atoms with Crippen LogP contribution in [0.4, 0.5) is 0 Å². The molecule has 1 heterocycles. The van der Waals surface area contributed by atoms with Gasteiger partial charge in [0.15, 0.2) is 0 Å². The number of carbonyl (C=O) groups is 1. The third kappa shape index (κ3) is 2.92. The molecule has 0 spiro atoms. The molecule has 1 aromatic heterocycles. The molecule has 4 nitrogen and oxygen atoms in total. The lowest BCUT2D eigenvalue weighted by Crippen LogP contribution is -1.99. The van der Waals surface area contributed by atoms with Gasteiger partial charge >= 0.3 is 5.97 Å². The maximum Gasteiger partial charge on any atom is 0.335 e. The van der Waals surface area contributed by atoms with E-state index in [2.05, 4.69) is 5.16 Å². The number of aromatic carboxylic acids is 1. The second-order valence-corrected chi connectivity index (χ2v) is 5.05. The van der Waals surface area contributed by atoms with Crippen LogP contribution in [0.15, 0.2) is 33.7 Å². The van der Waals surface area contributed by atoms with Crippen molar-refractivity contribution in [2.24, 2.45) is 0 Å². The highest BCUT2D eigenvalue weighted by Gasteiger charge is 2.08. The van der Waals surface area contributed by atoms with Gasteiger partial charge in [0, 0.05) is 16.7 Å². The molecular weight excluding hydrogens is 250 g/mol. The van der Waals surface area contributed by atoms with E-state index in [0.717, 1.165) is 21.9 Å². The maximum atomic E-state index is 11.0. The van der Waals surface area contributed by atoms with E-state index in [-0.39, 0.29) is 0 Å². The topological polar surface area (TPSA) is 63.3 Å². The van der Waals surface area contributed by atoms with Gasteiger partial charge in [0.05, 0.1) is 11.3 Å². The largest absolute Gasteiger partial charge is 0.478 e. The second-order valence-electron chi connectivity index (χ2n) is 4.00. The first kappa shape index (κ1) is 12.7. The van der Waals surface area contributed by atoms with E-state index in [9.17, 15) is 4.79 Å². The van der Waals surface area contributed by atoms with E-state index in [1.165, 1.54) is 0 Å². The van der Waals surface area contributed by atoms with Gasteiger partial charge in [0.25, 0.3) is 0 Å². The number of aromatic nitrogens is 1. The van der Waals surface area contributed by atoms with Gasteiger partial charge < -0.3 is 9.63 Å². The van der Waals surface area contributed by atoms with Crippen LogP contribution in [0.3, 0.4) is 0 Å². The van der Waals surface area contributed by atoms with Crippen LogP contribution in [0, 0.1) is 13.8 Å². The van der Waals surface area contributed by atoms with Crippen molar-refractivity contribution < 1.29 is 14.4 Å². The molecule has 2 rings (SSSR count). The fourth-order valence-electron chi connectivity index (χ4n) is 1.56. The zero-order valence-corrected chi connectivity index (χ0v) is 11.0. The summed E-state index contributed by atoms with van der Waals surface area (Å²) >= 11 is 1.54. The summed E-state index contributed by atoms with van der Waals surface area (Å²) in [6.45, 7) is 3.63. The molecule has 1 N–H and O–H groups in total.